The number of nitrogens with one attached hydrogen (secondary N) is 2. The summed E-state index contributed by atoms with van der Waals surface area (Å²) in [7, 11) is 0. The number of benzene rings is 1. The van der Waals surface area contributed by atoms with Gasteiger partial charge >= 0.3 is 0 Å². The van der Waals surface area contributed by atoms with Gasteiger partial charge in [-0.1, -0.05) is 12.1 Å². The average Bonchev–Trinajstić information content (AvgIpc) is 2.96. The Morgan fingerprint density at radius 2 is 2.09 bits per heavy atom. The lowest BCUT2D eigenvalue weighted by molar-refractivity contribution is 0.0915. The van der Waals surface area contributed by atoms with Crippen molar-refractivity contribution in [2.24, 2.45) is 0 Å². The number of hydrogen-bond acceptors (Lipinski definition) is 6. The van der Waals surface area contributed by atoms with Crippen LogP contribution >= 0.6 is 0 Å². The van der Waals surface area contributed by atoms with E-state index in [1.165, 1.54) is 0 Å². The van der Waals surface area contributed by atoms with Gasteiger partial charge < -0.3 is 20.3 Å². The fraction of sp³-hybridized carbons (Fsp3) is 0.400. The molecule has 2 aromatic rings. The number of aromatic nitrogens is 2. The Hall–Kier alpha value is -2.41. The van der Waals surface area contributed by atoms with Gasteiger partial charge in [-0.2, -0.15) is 4.98 Å². The fourth-order valence-electron chi connectivity index (χ4n) is 1.88. The summed E-state index contributed by atoms with van der Waals surface area (Å²) in [6.07, 6.45) is 0.687. The van der Waals surface area contributed by atoms with Crippen LogP contribution in [0.15, 0.2) is 28.8 Å². The lowest BCUT2D eigenvalue weighted by atomic mass is 10.1. The number of hydrogen-bond donors (Lipinski definition) is 3. The summed E-state index contributed by atoms with van der Waals surface area (Å²) in [5.74, 6) is 0.910. The highest BCUT2D eigenvalue weighted by Gasteiger charge is 2.11. The van der Waals surface area contributed by atoms with E-state index in [0.717, 1.165) is 5.69 Å². The van der Waals surface area contributed by atoms with Crippen molar-refractivity contribution in [1.82, 2.24) is 15.5 Å². The van der Waals surface area contributed by atoms with E-state index in [1.807, 2.05) is 19.1 Å². The van der Waals surface area contributed by atoms with Crippen LogP contribution in [-0.2, 0) is 6.54 Å². The summed E-state index contributed by atoms with van der Waals surface area (Å²) >= 11 is 0. The van der Waals surface area contributed by atoms with Crippen molar-refractivity contribution in [2.75, 3.05) is 11.9 Å². The molecule has 7 nitrogen and oxygen atoms in total. The monoisotopic (exact) mass is 304 g/mol. The molecule has 0 fully saturated rings. The second kappa shape index (κ2) is 7.56. The van der Waals surface area contributed by atoms with Gasteiger partial charge in [0.05, 0.1) is 19.2 Å². The molecule has 0 saturated carbocycles. The first-order valence-electron chi connectivity index (χ1n) is 7.17. The van der Waals surface area contributed by atoms with Gasteiger partial charge in [0, 0.05) is 18.2 Å². The molecule has 0 radical (unpaired) electrons. The second-order valence-electron chi connectivity index (χ2n) is 4.92. The summed E-state index contributed by atoms with van der Waals surface area (Å²) in [5, 5.41) is 18.8. The summed E-state index contributed by atoms with van der Waals surface area (Å²) in [5.41, 5.74) is 1.40. The largest absolute Gasteiger partial charge is 0.394 e. The van der Waals surface area contributed by atoms with Gasteiger partial charge in [-0.15, -0.1) is 0 Å². The first-order valence-corrected chi connectivity index (χ1v) is 7.17. The minimum Gasteiger partial charge on any atom is -0.394 e. The predicted octanol–water partition coefficient (Wildman–Crippen LogP) is 1.49. The summed E-state index contributed by atoms with van der Waals surface area (Å²) in [6, 6.07) is 6.85. The van der Waals surface area contributed by atoms with Crippen LogP contribution in [0.2, 0.25) is 0 Å². The lowest BCUT2D eigenvalue weighted by Crippen LogP contribution is -2.36. The molecule has 118 valence electrons. The minimum absolute atomic E-state index is 0.0635. The smallest absolute Gasteiger partial charge is 0.251 e. The van der Waals surface area contributed by atoms with Crippen LogP contribution in [0.3, 0.4) is 0 Å². The molecular weight excluding hydrogens is 284 g/mol. The molecule has 0 aliphatic heterocycles. The number of carbonyl (C=O) groups excluding carboxylic acids is 1. The van der Waals surface area contributed by atoms with E-state index < -0.39 is 0 Å². The Balaban J connectivity index is 1.90. The van der Waals surface area contributed by atoms with E-state index in [9.17, 15) is 4.79 Å². The SMILES string of the molecule is CCC(CO)NC(=O)c1ccc(NCc2noc(C)n2)cc1. The van der Waals surface area contributed by atoms with Gasteiger partial charge in [0.2, 0.25) is 5.89 Å². The van der Waals surface area contributed by atoms with Crippen molar-refractivity contribution < 1.29 is 14.4 Å². The van der Waals surface area contributed by atoms with E-state index in [2.05, 4.69) is 20.8 Å². The van der Waals surface area contributed by atoms with Crippen molar-refractivity contribution in [3.63, 3.8) is 0 Å². The van der Waals surface area contributed by atoms with Gasteiger partial charge in [-0.3, -0.25) is 4.79 Å². The Morgan fingerprint density at radius 3 is 2.64 bits per heavy atom. The Morgan fingerprint density at radius 1 is 1.36 bits per heavy atom. The van der Waals surface area contributed by atoms with Crippen LogP contribution in [-0.4, -0.2) is 33.8 Å². The lowest BCUT2D eigenvalue weighted by Gasteiger charge is -2.14. The standard InChI is InChI=1S/C15H20N4O3/c1-3-12(9-20)18-15(21)11-4-6-13(7-5-11)16-8-14-17-10(2)22-19-14/h4-7,12,16,20H,3,8-9H2,1-2H3,(H,18,21). The highest BCUT2D eigenvalue weighted by molar-refractivity contribution is 5.94. The molecule has 7 heteroatoms. The third-order valence-corrected chi connectivity index (χ3v) is 3.22. The number of nitrogens with zero attached hydrogens (tertiary/aromatic N) is 2. The van der Waals surface area contributed by atoms with Crippen molar-refractivity contribution in [2.45, 2.75) is 32.9 Å². The van der Waals surface area contributed by atoms with Gasteiger partial charge in [-0.25, -0.2) is 0 Å². The van der Waals surface area contributed by atoms with E-state index in [1.54, 1.807) is 19.1 Å². The molecule has 0 aliphatic rings. The van der Waals surface area contributed by atoms with Gasteiger partial charge in [0.15, 0.2) is 5.82 Å². The number of aliphatic hydroxyl groups excluding tert-OH is 1. The molecule has 1 aromatic heterocycles. The summed E-state index contributed by atoms with van der Waals surface area (Å²) < 4.78 is 4.89. The summed E-state index contributed by atoms with van der Waals surface area (Å²) in [4.78, 5) is 16.1. The van der Waals surface area contributed by atoms with Gasteiger partial charge in [-0.05, 0) is 30.7 Å². The molecule has 22 heavy (non-hydrogen) atoms. The van der Waals surface area contributed by atoms with Crippen molar-refractivity contribution in [3.8, 4) is 0 Å². The maximum atomic E-state index is 12.0. The third-order valence-electron chi connectivity index (χ3n) is 3.22. The first-order chi connectivity index (χ1) is 10.6. The van der Waals surface area contributed by atoms with Crippen LogP contribution in [0.25, 0.3) is 0 Å². The maximum absolute atomic E-state index is 12.0. The van der Waals surface area contributed by atoms with Crippen LogP contribution in [0.4, 0.5) is 5.69 Å². The van der Waals surface area contributed by atoms with E-state index in [0.29, 0.717) is 30.2 Å². The Bertz CT molecular complexity index is 606. The van der Waals surface area contributed by atoms with Crippen molar-refractivity contribution in [1.29, 1.82) is 0 Å². The quantitative estimate of drug-likeness (QED) is 0.716. The fourth-order valence-corrected chi connectivity index (χ4v) is 1.88. The number of aliphatic hydroxyl groups is 1. The number of anilines is 1. The molecule has 1 amide bonds. The Kier molecular flexibility index (Phi) is 5.48. The van der Waals surface area contributed by atoms with E-state index in [4.69, 9.17) is 9.63 Å². The van der Waals surface area contributed by atoms with Crippen molar-refractivity contribution >= 4 is 11.6 Å². The maximum Gasteiger partial charge on any atom is 0.251 e. The highest BCUT2D eigenvalue weighted by Crippen LogP contribution is 2.11. The number of rotatable bonds is 7. The molecule has 1 atom stereocenters. The third kappa shape index (κ3) is 4.29. The molecule has 3 N–H and O–H groups in total. The minimum atomic E-state index is -0.216. The number of amides is 1. The average molecular weight is 304 g/mol. The van der Waals surface area contributed by atoms with E-state index >= 15 is 0 Å². The zero-order valence-corrected chi connectivity index (χ0v) is 12.7. The first kappa shape index (κ1) is 16.0. The van der Waals surface area contributed by atoms with E-state index in [-0.39, 0.29) is 18.6 Å². The molecule has 1 unspecified atom stereocenters. The summed E-state index contributed by atoms with van der Waals surface area (Å²) in [6.45, 7) is 4.03. The molecule has 1 heterocycles. The number of aryl methyl sites for hydroxylation is 1. The molecule has 0 saturated heterocycles. The molecule has 0 aliphatic carbocycles. The van der Waals surface area contributed by atoms with Gasteiger partial charge in [0.25, 0.3) is 5.91 Å². The molecule has 2 rings (SSSR count). The second-order valence-corrected chi connectivity index (χ2v) is 4.92. The van der Waals surface area contributed by atoms with Crippen LogP contribution < -0.4 is 10.6 Å². The zero-order valence-electron chi connectivity index (χ0n) is 12.7. The van der Waals surface area contributed by atoms with Crippen LogP contribution in [0, 0.1) is 6.92 Å². The molecule has 0 spiro atoms. The molecule has 1 aromatic carbocycles. The number of carbonyl (C=O) groups is 1. The predicted molar refractivity (Wildman–Crippen MR) is 81.4 cm³/mol. The Labute approximate surface area is 128 Å². The van der Waals surface area contributed by atoms with Crippen LogP contribution in [0.5, 0.6) is 0 Å². The molecule has 0 bridgehead atoms. The normalized spacial score (nSPS) is 12.0. The van der Waals surface area contributed by atoms with Crippen molar-refractivity contribution in [3.05, 3.63) is 41.5 Å². The highest BCUT2D eigenvalue weighted by atomic mass is 16.5. The zero-order chi connectivity index (χ0) is 15.9. The molecular formula is C15H20N4O3. The van der Waals surface area contributed by atoms with Gasteiger partial charge in [0.1, 0.15) is 0 Å². The topological polar surface area (TPSA) is 100 Å². The van der Waals surface area contributed by atoms with Crippen LogP contribution in [0.1, 0.15) is 35.4 Å².